The molecule has 0 unspecified atom stereocenters. The topological polar surface area (TPSA) is 63.4 Å². The summed E-state index contributed by atoms with van der Waals surface area (Å²) in [5, 5.41) is 2.18. The van der Waals surface area contributed by atoms with Gasteiger partial charge >= 0.3 is 0 Å². The van der Waals surface area contributed by atoms with Crippen molar-refractivity contribution in [2.24, 2.45) is 5.84 Å². The van der Waals surface area contributed by atoms with Crippen LogP contribution in [0.4, 0.5) is 0 Å². The maximum absolute atomic E-state index is 11.9. The molecule has 3 rings (SSSR count). The van der Waals surface area contributed by atoms with Crippen molar-refractivity contribution in [1.82, 2.24) is 5.01 Å². The molecule has 0 spiro atoms. The normalized spacial score (nSPS) is 14.6. The van der Waals surface area contributed by atoms with E-state index in [1.165, 1.54) is 0 Å². The van der Waals surface area contributed by atoms with Crippen LogP contribution in [0.1, 0.15) is 20.7 Å². The lowest BCUT2D eigenvalue weighted by Gasteiger charge is -2.23. The van der Waals surface area contributed by atoms with Crippen LogP contribution in [0, 0.1) is 0 Å². The molecule has 0 saturated carbocycles. The molecule has 0 aromatic heterocycles. The fraction of sp³-hybridized carbons (Fsp3) is 0. The largest absolute Gasteiger partial charge is 0.275 e. The zero-order valence-corrected chi connectivity index (χ0v) is 10.2. The summed E-state index contributed by atoms with van der Waals surface area (Å²) in [6.07, 6.45) is 0. The Morgan fingerprint density at radius 2 is 1.76 bits per heavy atom. The molecule has 0 saturated heterocycles. The Morgan fingerprint density at radius 1 is 1.06 bits per heavy atom. The Kier molecular flexibility index (Phi) is 2.08. The lowest BCUT2D eigenvalue weighted by Crippen LogP contribution is -2.45. The number of carbonyl (C=O) groups excluding carboxylic acids is 2. The first kappa shape index (κ1) is 10.4. The summed E-state index contributed by atoms with van der Waals surface area (Å²) in [4.78, 5) is 23.8. The zero-order chi connectivity index (χ0) is 12.2. The second-order valence-corrected chi connectivity index (χ2v) is 4.75. The molecule has 1 aliphatic heterocycles. The molecule has 0 fully saturated rings. The smallest absolute Gasteiger partial charge is 0.267 e. The molecule has 2 aromatic carbocycles. The van der Waals surface area contributed by atoms with Gasteiger partial charge in [-0.3, -0.25) is 9.59 Å². The fourth-order valence-electron chi connectivity index (χ4n) is 2.09. The van der Waals surface area contributed by atoms with Gasteiger partial charge in [-0.1, -0.05) is 28.1 Å². The third kappa shape index (κ3) is 1.33. The number of hydrogen-bond acceptors (Lipinski definition) is 3. The van der Waals surface area contributed by atoms with Crippen LogP contribution in [-0.4, -0.2) is 16.8 Å². The van der Waals surface area contributed by atoms with Gasteiger partial charge in [-0.15, -0.1) is 0 Å². The molecule has 0 bridgehead atoms. The van der Waals surface area contributed by atoms with Gasteiger partial charge in [0.1, 0.15) is 0 Å². The Labute approximate surface area is 105 Å². The molecule has 0 atom stereocenters. The van der Waals surface area contributed by atoms with E-state index in [9.17, 15) is 9.59 Å². The van der Waals surface area contributed by atoms with E-state index in [1.807, 2.05) is 12.1 Å². The van der Waals surface area contributed by atoms with Crippen molar-refractivity contribution >= 4 is 38.5 Å². The summed E-state index contributed by atoms with van der Waals surface area (Å²) < 4.78 is 0.785. The zero-order valence-electron chi connectivity index (χ0n) is 8.61. The average molecular weight is 291 g/mol. The lowest BCUT2D eigenvalue weighted by atomic mass is 9.95. The van der Waals surface area contributed by atoms with Gasteiger partial charge in [-0.05, 0) is 23.6 Å². The van der Waals surface area contributed by atoms with Gasteiger partial charge in [-0.25, -0.2) is 10.9 Å². The van der Waals surface area contributed by atoms with Crippen LogP contribution in [0.5, 0.6) is 0 Å². The first-order valence-corrected chi connectivity index (χ1v) is 5.74. The van der Waals surface area contributed by atoms with E-state index in [-0.39, 0.29) is 0 Å². The van der Waals surface area contributed by atoms with E-state index in [1.54, 1.807) is 18.2 Å². The van der Waals surface area contributed by atoms with E-state index < -0.39 is 11.8 Å². The van der Waals surface area contributed by atoms with Crippen LogP contribution in [0.25, 0.3) is 10.8 Å². The average Bonchev–Trinajstić information content (AvgIpc) is 2.32. The van der Waals surface area contributed by atoms with E-state index in [0.717, 1.165) is 9.86 Å². The first-order valence-electron chi connectivity index (χ1n) is 4.95. The molecular formula is C12H7BrN2O2. The maximum atomic E-state index is 11.9. The molecule has 0 radical (unpaired) electrons. The number of amides is 2. The highest BCUT2D eigenvalue weighted by Crippen LogP contribution is 2.31. The maximum Gasteiger partial charge on any atom is 0.275 e. The standard InChI is InChI=1S/C12H7BrN2O2/c13-7-4-6-2-1-3-8-10(6)9(5-7)12(17)15(14)11(8)16/h1-5H,14H2. The van der Waals surface area contributed by atoms with Gasteiger partial charge in [0, 0.05) is 9.86 Å². The predicted molar refractivity (Wildman–Crippen MR) is 66.3 cm³/mol. The third-order valence-electron chi connectivity index (χ3n) is 2.84. The molecule has 5 heteroatoms. The van der Waals surface area contributed by atoms with E-state index >= 15 is 0 Å². The van der Waals surface area contributed by atoms with Crippen molar-refractivity contribution in [3.05, 3.63) is 45.9 Å². The molecule has 1 aliphatic rings. The first-order chi connectivity index (χ1) is 8.09. The Bertz CT molecular complexity index is 682. The van der Waals surface area contributed by atoms with Crippen LogP contribution in [0.15, 0.2) is 34.8 Å². The number of carbonyl (C=O) groups is 2. The number of imide groups is 1. The monoisotopic (exact) mass is 290 g/mol. The highest BCUT2D eigenvalue weighted by Gasteiger charge is 2.30. The summed E-state index contributed by atoms with van der Waals surface area (Å²) in [6, 6.07) is 8.86. The quantitative estimate of drug-likeness (QED) is 0.459. The van der Waals surface area contributed by atoms with E-state index in [2.05, 4.69) is 15.9 Å². The van der Waals surface area contributed by atoms with Gasteiger partial charge in [0.2, 0.25) is 0 Å². The molecule has 17 heavy (non-hydrogen) atoms. The number of halogens is 1. The molecule has 84 valence electrons. The van der Waals surface area contributed by atoms with Gasteiger partial charge in [0.05, 0.1) is 11.1 Å². The summed E-state index contributed by atoms with van der Waals surface area (Å²) in [7, 11) is 0. The predicted octanol–water partition coefficient (Wildman–Crippen LogP) is 2.07. The number of hydrogen-bond donors (Lipinski definition) is 1. The number of rotatable bonds is 0. The van der Waals surface area contributed by atoms with Gasteiger partial charge < -0.3 is 0 Å². The Hall–Kier alpha value is -1.72. The van der Waals surface area contributed by atoms with E-state index in [4.69, 9.17) is 5.84 Å². The van der Waals surface area contributed by atoms with Crippen molar-refractivity contribution < 1.29 is 9.59 Å². The van der Waals surface area contributed by atoms with Gasteiger partial charge in [0.15, 0.2) is 0 Å². The van der Waals surface area contributed by atoms with Crippen LogP contribution in [0.2, 0.25) is 0 Å². The summed E-state index contributed by atoms with van der Waals surface area (Å²) in [5.41, 5.74) is 0.916. The fourth-order valence-corrected chi connectivity index (χ4v) is 2.57. The van der Waals surface area contributed by atoms with Gasteiger partial charge in [-0.2, -0.15) is 0 Å². The molecule has 2 aromatic rings. The summed E-state index contributed by atoms with van der Waals surface area (Å²) >= 11 is 3.34. The number of benzene rings is 2. The minimum atomic E-state index is -0.472. The number of nitrogens with zero attached hydrogens (tertiary/aromatic N) is 1. The molecule has 0 aliphatic carbocycles. The Morgan fingerprint density at radius 3 is 2.53 bits per heavy atom. The van der Waals surface area contributed by atoms with Crippen molar-refractivity contribution in [3.8, 4) is 0 Å². The highest BCUT2D eigenvalue weighted by atomic mass is 79.9. The van der Waals surface area contributed by atoms with Crippen LogP contribution >= 0.6 is 15.9 Å². The summed E-state index contributed by atoms with van der Waals surface area (Å²) in [5.74, 6) is 4.55. The molecular weight excluding hydrogens is 284 g/mol. The minimum Gasteiger partial charge on any atom is -0.267 e. The van der Waals surface area contributed by atoms with Crippen LogP contribution in [0.3, 0.4) is 0 Å². The molecule has 2 N–H and O–H groups in total. The highest BCUT2D eigenvalue weighted by molar-refractivity contribution is 9.10. The molecule has 4 nitrogen and oxygen atoms in total. The second kappa shape index (κ2) is 3.38. The Balaban J connectivity index is 2.53. The third-order valence-corrected chi connectivity index (χ3v) is 3.30. The minimum absolute atomic E-state index is 0.451. The van der Waals surface area contributed by atoms with Crippen molar-refractivity contribution in [2.45, 2.75) is 0 Å². The van der Waals surface area contributed by atoms with Crippen molar-refractivity contribution in [2.75, 3.05) is 0 Å². The van der Waals surface area contributed by atoms with Crippen molar-refractivity contribution in [1.29, 1.82) is 0 Å². The molecule has 2 amide bonds. The van der Waals surface area contributed by atoms with Gasteiger partial charge in [0.25, 0.3) is 11.8 Å². The number of nitrogens with two attached hydrogens (primary N) is 1. The van der Waals surface area contributed by atoms with E-state index in [0.29, 0.717) is 21.5 Å². The SMILES string of the molecule is NN1C(=O)c2cccc3cc(Br)cc(c23)C1=O. The van der Waals surface area contributed by atoms with Crippen LogP contribution < -0.4 is 5.84 Å². The lowest BCUT2D eigenvalue weighted by molar-refractivity contribution is 0.0610. The van der Waals surface area contributed by atoms with Crippen LogP contribution in [-0.2, 0) is 0 Å². The molecule has 1 heterocycles. The second-order valence-electron chi connectivity index (χ2n) is 3.84. The summed E-state index contributed by atoms with van der Waals surface area (Å²) in [6.45, 7) is 0. The number of hydrazine groups is 1. The van der Waals surface area contributed by atoms with Crippen molar-refractivity contribution in [3.63, 3.8) is 0 Å².